The van der Waals surface area contributed by atoms with E-state index in [1.165, 1.54) is 6.07 Å². The minimum atomic E-state index is -1.10. The number of nitrogens with zero attached hydrogens (tertiary/aromatic N) is 1. The summed E-state index contributed by atoms with van der Waals surface area (Å²) in [5.74, 6) is 0.688. The average Bonchev–Trinajstić information content (AvgIpc) is 2.46. The number of benzene rings is 1. The third kappa shape index (κ3) is 3.42. The largest absolute Gasteiger partial charge is 0.497 e. The van der Waals surface area contributed by atoms with Crippen LogP contribution >= 0.6 is 0 Å². The minimum absolute atomic E-state index is 0.251. The molecule has 2 aromatic rings. The zero-order valence-corrected chi connectivity index (χ0v) is 11.9. The molecule has 1 aromatic carbocycles. The van der Waals surface area contributed by atoms with Crippen molar-refractivity contribution >= 4 is 23.0 Å². The third-order valence-corrected chi connectivity index (χ3v) is 3.65. The van der Waals surface area contributed by atoms with Gasteiger partial charge in [-0.1, -0.05) is 6.08 Å². The van der Waals surface area contributed by atoms with E-state index in [1.807, 2.05) is 0 Å². The van der Waals surface area contributed by atoms with Crippen molar-refractivity contribution in [3.63, 3.8) is 0 Å². The molecule has 1 unspecified atom stereocenters. The molecule has 6 heteroatoms. The Morgan fingerprint density at radius 2 is 2.05 bits per heavy atom. The van der Waals surface area contributed by atoms with Crippen LogP contribution in [0.25, 0.3) is 12.2 Å². The molecule has 1 N–H and O–H groups in total. The van der Waals surface area contributed by atoms with Gasteiger partial charge < -0.3 is 4.74 Å². The maximum Gasteiger partial charge on any atom is 0.264 e. The molecule has 1 heterocycles. The van der Waals surface area contributed by atoms with Crippen LogP contribution in [0.4, 0.5) is 0 Å². The number of aromatic amines is 1. The Bertz CT molecular complexity index is 702. The molecule has 2 rings (SSSR count). The minimum Gasteiger partial charge on any atom is -0.497 e. The first-order valence-electron chi connectivity index (χ1n) is 5.85. The van der Waals surface area contributed by atoms with Crippen LogP contribution < -0.4 is 10.3 Å². The van der Waals surface area contributed by atoms with E-state index in [4.69, 9.17) is 4.74 Å². The Morgan fingerprint density at radius 3 is 2.65 bits per heavy atom. The Labute approximate surface area is 118 Å². The molecule has 20 heavy (non-hydrogen) atoms. The van der Waals surface area contributed by atoms with Gasteiger partial charge in [-0.2, -0.15) is 5.10 Å². The molecule has 104 valence electrons. The predicted octanol–water partition coefficient (Wildman–Crippen LogP) is 1.69. The summed E-state index contributed by atoms with van der Waals surface area (Å²) < 4.78 is 16.9. The van der Waals surface area contributed by atoms with E-state index in [2.05, 4.69) is 10.2 Å². The van der Waals surface area contributed by atoms with Gasteiger partial charge >= 0.3 is 0 Å². The van der Waals surface area contributed by atoms with Crippen LogP contribution in [-0.2, 0) is 10.8 Å². The third-order valence-electron chi connectivity index (χ3n) is 2.66. The summed E-state index contributed by atoms with van der Waals surface area (Å²) in [5, 5.41) is 6.23. The molecule has 0 fully saturated rings. The number of nitrogens with one attached hydrogen (secondary N) is 1. The number of hydrogen-bond donors (Lipinski definition) is 1. The Morgan fingerprint density at radius 1 is 1.25 bits per heavy atom. The molecule has 5 nitrogen and oxygen atoms in total. The summed E-state index contributed by atoms with van der Waals surface area (Å²) in [6.07, 6.45) is 5.15. The van der Waals surface area contributed by atoms with E-state index >= 15 is 0 Å². The van der Waals surface area contributed by atoms with Crippen molar-refractivity contribution in [2.45, 2.75) is 4.90 Å². The first kappa shape index (κ1) is 14.2. The summed E-state index contributed by atoms with van der Waals surface area (Å²) in [7, 11) is 0.481. The van der Waals surface area contributed by atoms with Gasteiger partial charge in [0.1, 0.15) is 5.75 Å². The fourth-order valence-corrected chi connectivity index (χ4v) is 2.39. The first-order chi connectivity index (χ1) is 9.60. The number of H-pyrrole nitrogens is 1. The van der Waals surface area contributed by atoms with Crippen LogP contribution in [0.5, 0.6) is 5.75 Å². The Kier molecular flexibility index (Phi) is 4.47. The second-order valence-corrected chi connectivity index (χ2v) is 5.39. The topological polar surface area (TPSA) is 72.1 Å². The van der Waals surface area contributed by atoms with Crippen molar-refractivity contribution in [2.75, 3.05) is 13.4 Å². The highest BCUT2D eigenvalue weighted by Gasteiger charge is 2.05. The molecule has 0 saturated carbocycles. The molecule has 1 atom stereocenters. The van der Waals surface area contributed by atoms with Crippen molar-refractivity contribution in [2.24, 2.45) is 0 Å². The van der Waals surface area contributed by atoms with Gasteiger partial charge in [0.25, 0.3) is 5.56 Å². The van der Waals surface area contributed by atoms with E-state index in [9.17, 15) is 9.00 Å². The van der Waals surface area contributed by atoms with Crippen LogP contribution in [0, 0.1) is 0 Å². The standard InChI is InChI=1S/C14H14N2O3S/c1-19-12-6-7-13(20(2)18)10(9-12)3-4-11-5-8-14(17)16-15-11/h3-9H,1-2H3,(H,16,17)/b4-3+. The van der Waals surface area contributed by atoms with Gasteiger partial charge in [0.2, 0.25) is 0 Å². The maximum absolute atomic E-state index is 11.7. The average molecular weight is 290 g/mol. The molecule has 1 aromatic heterocycles. The van der Waals surface area contributed by atoms with Crippen LogP contribution in [0.2, 0.25) is 0 Å². The van der Waals surface area contributed by atoms with Crippen molar-refractivity contribution in [3.8, 4) is 5.75 Å². The molecule has 0 aliphatic heterocycles. The van der Waals surface area contributed by atoms with Crippen molar-refractivity contribution in [3.05, 3.63) is 51.9 Å². The summed E-state index contributed by atoms with van der Waals surface area (Å²) in [5.41, 5.74) is 1.15. The Hall–Kier alpha value is -2.21. The van der Waals surface area contributed by atoms with Crippen LogP contribution in [-0.4, -0.2) is 27.8 Å². The molecule has 0 bridgehead atoms. The molecular formula is C14H14N2O3S. The molecule has 0 aliphatic rings. The summed E-state index contributed by atoms with van der Waals surface area (Å²) in [6.45, 7) is 0. The zero-order chi connectivity index (χ0) is 14.5. The van der Waals surface area contributed by atoms with Crippen LogP contribution in [0.3, 0.4) is 0 Å². The zero-order valence-electron chi connectivity index (χ0n) is 11.1. The van der Waals surface area contributed by atoms with E-state index in [0.29, 0.717) is 16.3 Å². The lowest BCUT2D eigenvalue weighted by atomic mass is 10.2. The lowest BCUT2D eigenvalue weighted by Gasteiger charge is -2.06. The Balaban J connectivity index is 2.38. The number of aromatic nitrogens is 2. The summed E-state index contributed by atoms with van der Waals surface area (Å²) in [4.78, 5) is 11.6. The first-order valence-corrected chi connectivity index (χ1v) is 7.41. The lowest BCUT2D eigenvalue weighted by Crippen LogP contribution is -2.05. The van der Waals surface area contributed by atoms with Gasteiger partial charge in [-0.3, -0.25) is 9.00 Å². The monoisotopic (exact) mass is 290 g/mol. The van der Waals surface area contributed by atoms with E-state index in [1.54, 1.807) is 49.8 Å². The summed E-state index contributed by atoms with van der Waals surface area (Å²) in [6, 6.07) is 8.36. The summed E-state index contributed by atoms with van der Waals surface area (Å²) >= 11 is 0. The van der Waals surface area contributed by atoms with E-state index in [-0.39, 0.29) is 5.56 Å². The van der Waals surface area contributed by atoms with Gasteiger partial charge in [-0.15, -0.1) is 0 Å². The van der Waals surface area contributed by atoms with E-state index in [0.717, 1.165) is 5.56 Å². The van der Waals surface area contributed by atoms with Crippen molar-refractivity contribution in [1.82, 2.24) is 10.2 Å². The molecule has 0 spiro atoms. The second kappa shape index (κ2) is 6.29. The maximum atomic E-state index is 11.7. The van der Waals surface area contributed by atoms with Gasteiger partial charge in [0, 0.05) is 17.2 Å². The highest BCUT2D eigenvalue weighted by molar-refractivity contribution is 7.84. The van der Waals surface area contributed by atoms with Crippen LogP contribution in [0.1, 0.15) is 11.3 Å². The molecule has 0 radical (unpaired) electrons. The van der Waals surface area contributed by atoms with Crippen molar-refractivity contribution < 1.29 is 8.95 Å². The lowest BCUT2D eigenvalue weighted by molar-refractivity contribution is 0.414. The van der Waals surface area contributed by atoms with Crippen molar-refractivity contribution in [1.29, 1.82) is 0 Å². The predicted molar refractivity (Wildman–Crippen MR) is 79.1 cm³/mol. The van der Waals surface area contributed by atoms with Gasteiger partial charge in [-0.05, 0) is 35.9 Å². The number of methoxy groups -OCH3 is 1. The molecule has 0 amide bonds. The number of hydrogen-bond acceptors (Lipinski definition) is 4. The highest BCUT2D eigenvalue weighted by Crippen LogP contribution is 2.22. The molecule has 0 saturated heterocycles. The highest BCUT2D eigenvalue weighted by atomic mass is 32.2. The fraction of sp³-hybridized carbons (Fsp3) is 0.143. The van der Waals surface area contributed by atoms with Crippen LogP contribution in [0.15, 0.2) is 40.0 Å². The normalized spacial score (nSPS) is 12.5. The number of rotatable bonds is 4. The fourth-order valence-electron chi connectivity index (χ4n) is 1.67. The SMILES string of the molecule is COc1ccc(S(C)=O)c(/C=C/c2ccc(=O)[nH]n2)c1. The second-order valence-electron chi connectivity index (χ2n) is 4.04. The quantitative estimate of drug-likeness (QED) is 0.930. The number of ether oxygens (including phenoxy) is 1. The molecule has 0 aliphatic carbocycles. The van der Waals surface area contributed by atoms with E-state index < -0.39 is 10.8 Å². The molecular weight excluding hydrogens is 276 g/mol. The smallest absolute Gasteiger partial charge is 0.264 e. The van der Waals surface area contributed by atoms with Gasteiger partial charge in [-0.25, -0.2) is 5.10 Å². The van der Waals surface area contributed by atoms with Gasteiger partial charge in [0.05, 0.1) is 23.6 Å². The van der Waals surface area contributed by atoms with Gasteiger partial charge in [0.15, 0.2) is 0 Å².